The van der Waals surface area contributed by atoms with E-state index in [1.807, 2.05) is 0 Å². The number of furan rings is 1. The smallest absolute Gasteiger partial charge is 0.290 e. The van der Waals surface area contributed by atoms with Crippen molar-refractivity contribution in [2.45, 2.75) is 18.9 Å². The molecule has 142 valence electrons. The zero-order valence-corrected chi connectivity index (χ0v) is 14.9. The SMILES string of the molecule is COc1ccc(NC(=O)CNC(=O)CN(C(=O)c2ccco2)C2CC2)cc1. The average molecular weight is 371 g/mol. The van der Waals surface area contributed by atoms with Crippen LogP contribution in [0.3, 0.4) is 0 Å². The lowest BCUT2D eigenvalue weighted by molar-refractivity contribution is -0.124. The summed E-state index contributed by atoms with van der Waals surface area (Å²) in [4.78, 5) is 38.0. The third-order valence-electron chi connectivity index (χ3n) is 4.11. The topological polar surface area (TPSA) is 101 Å². The van der Waals surface area contributed by atoms with E-state index >= 15 is 0 Å². The Bertz CT molecular complexity index is 797. The maximum Gasteiger partial charge on any atom is 0.290 e. The van der Waals surface area contributed by atoms with Crippen LogP contribution in [0, 0.1) is 0 Å². The van der Waals surface area contributed by atoms with Crippen LogP contribution in [0.2, 0.25) is 0 Å². The largest absolute Gasteiger partial charge is 0.497 e. The van der Waals surface area contributed by atoms with Crippen LogP contribution >= 0.6 is 0 Å². The van der Waals surface area contributed by atoms with Gasteiger partial charge in [0.05, 0.1) is 19.9 Å². The summed E-state index contributed by atoms with van der Waals surface area (Å²) in [6.07, 6.45) is 3.14. The summed E-state index contributed by atoms with van der Waals surface area (Å²) in [5.41, 5.74) is 0.600. The Morgan fingerprint density at radius 1 is 1.15 bits per heavy atom. The lowest BCUT2D eigenvalue weighted by Gasteiger charge is -2.20. The maximum atomic E-state index is 12.4. The van der Waals surface area contributed by atoms with E-state index < -0.39 is 5.91 Å². The van der Waals surface area contributed by atoms with Gasteiger partial charge in [0, 0.05) is 11.7 Å². The second kappa shape index (κ2) is 8.39. The number of rotatable bonds is 8. The molecule has 3 rings (SSSR count). The Balaban J connectivity index is 1.47. The minimum atomic E-state index is -0.397. The molecule has 0 spiro atoms. The summed E-state index contributed by atoms with van der Waals surface area (Å²) < 4.78 is 10.2. The highest BCUT2D eigenvalue weighted by Gasteiger charge is 2.35. The van der Waals surface area contributed by atoms with E-state index in [1.165, 1.54) is 11.2 Å². The van der Waals surface area contributed by atoms with Crippen LogP contribution in [0.1, 0.15) is 23.4 Å². The Morgan fingerprint density at radius 3 is 2.48 bits per heavy atom. The Kier molecular flexibility index (Phi) is 5.75. The van der Waals surface area contributed by atoms with Crippen molar-refractivity contribution in [3.8, 4) is 5.75 Å². The van der Waals surface area contributed by atoms with Gasteiger partial charge < -0.3 is 24.7 Å². The fraction of sp³-hybridized carbons (Fsp3) is 0.316. The predicted octanol–water partition coefficient (Wildman–Crippen LogP) is 1.65. The molecule has 0 aliphatic heterocycles. The fourth-order valence-corrected chi connectivity index (χ4v) is 2.56. The van der Waals surface area contributed by atoms with E-state index in [2.05, 4.69) is 10.6 Å². The van der Waals surface area contributed by atoms with Gasteiger partial charge >= 0.3 is 0 Å². The van der Waals surface area contributed by atoms with Gasteiger partial charge in [-0.25, -0.2) is 0 Å². The van der Waals surface area contributed by atoms with E-state index in [0.717, 1.165) is 12.8 Å². The van der Waals surface area contributed by atoms with Crippen molar-refractivity contribution in [1.29, 1.82) is 0 Å². The average Bonchev–Trinajstić information content (AvgIpc) is 3.37. The Morgan fingerprint density at radius 2 is 1.89 bits per heavy atom. The summed E-state index contributed by atoms with van der Waals surface area (Å²) in [7, 11) is 1.56. The number of hydrogen-bond acceptors (Lipinski definition) is 5. The molecule has 8 nitrogen and oxygen atoms in total. The number of anilines is 1. The Hall–Kier alpha value is -3.29. The molecule has 1 heterocycles. The molecule has 8 heteroatoms. The lowest BCUT2D eigenvalue weighted by atomic mass is 10.3. The van der Waals surface area contributed by atoms with Gasteiger partial charge in [-0.2, -0.15) is 0 Å². The third-order valence-corrected chi connectivity index (χ3v) is 4.11. The molecule has 1 aliphatic rings. The maximum absolute atomic E-state index is 12.4. The van der Waals surface area contributed by atoms with Gasteiger partial charge in [0.25, 0.3) is 5.91 Å². The molecule has 0 unspecified atom stereocenters. The normalized spacial score (nSPS) is 12.9. The number of hydrogen-bond donors (Lipinski definition) is 2. The summed E-state index contributed by atoms with van der Waals surface area (Å²) in [6.45, 7) is -0.293. The molecule has 0 bridgehead atoms. The van der Waals surface area contributed by atoms with Crippen molar-refractivity contribution >= 4 is 23.4 Å². The predicted molar refractivity (Wildman–Crippen MR) is 97.4 cm³/mol. The number of carbonyl (C=O) groups excluding carboxylic acids is 3. The minimum Gasteiger partial charge on any atom is -0.497 e. The van der Waals surface area contributed by atoms with Crippen LogP contribution in [-0.2, 0) is 9.59 Å². The minimum absolute atomic E-state index is 0.0430. The summed E-state index contributed by atoms with van der Waals surface area (Å²) in [5.74, 6) is -0.189. The third kappa shape index (κ3) is 5.10. The van der Waals surface area contributed by atoms with Crippen LogP contribution in [0.5, 0.6) is 5.75 Å². The number of benzene rings is 1. The second-order valence-electron chi connectivity index (χ2n) is 6.19. The highest BCUT2D eigenvalue weighted by atomic mass is 16.5. The molecule has 27 heavy (non-hydrogen) atoms. The first-order valence-electron chi connectivity index (χ1n) is 8.62. The van der Waals surface area contributed by atoms with Crippen molar-refractivity contribution < 1.29 is 23.5 Å². The van der Waals surface area contributed by atoms with Gasteiger partial charge in [-0.1, -0.05) is 0 Å². The van der Waals surface area contributed by atoms with Crippen LogP contribution < -0.4 is 15.4 Å². The van der Waals surface area contributed by atoms with Crippen molar-refractivity contribution in [3.05, 3.63) is 48.4 Å². The molecule has 2 N–H and O–H groups in total. The number of methoxy groups -OCH3 is 1. The zero-order chi connectivity index (χ0) is 19.2. The fourth-order valence-electron chi connectivity index (χ4n) is 2.56. The van der Waals surface area contributed by atoms with E-state index in [-0.39, 0.29) is 36.7 Å². The molecule has 1 aromatic carbocycles. The second-order valence-corrected chi connectivity index (χ2v) is 6.19. The number of nitrogens with one attached hydrogen (secondary N) is 2. The standard InChI is InChI=1S/C19H21N3O5/c1-26-15-8-4-13(5-9-15)21-17(23)11-20-18(24)12-22(14-6-7-14)19(25)16-3-2-10-27-16/h2-5,8-10,14H,6-7,11-12H2,1H3,(H,20,24)(H,21,23). The van der Waals surface area contributed by atoms with Crippen molar-refractivity contribution in [2.24, 2.45) is 0 Å². The Labute approximate surface area is 156 Å². The highest BCUT2D eigenvalue weighted by molar-refractivity contribution is 5.97. The van der Waals surface area contributed by atoms with Crippen LogP contribution in [0.15, 0.2) is 47.1 Å². The van der Waals surface area contributed by atoms with Gasteiger partial charge in [0.2, 0.25) is 11.8 Å². The van der Waals surface area contributed by atoms with Gasteiger partial charge in [-0.05, 0) is 49.2 Å². The van der Waals surface area contributed by atoms with Gasteiger partial charge in [0.1, 0.15) is 12.3 Å². The molecular weight excluding hydrogens is 350 g/mol. The molecule has 0 saturated heterocycles. The summed E-state index contributed by atoms with van der Waals surface area (Å²) >= 11 is 0. The van der Waals surface area contributed by atoms with Crippen LogP contribution in [0.4, 0.5) is 5.69 Å². The molecule has 1 fully saturated rings. The molecular formula is C19H21N3O5. The lowest BCUT2D eigenvalue weighted by Crippen LogP contribution is -2.43. The monoisotopic (exact) mass is 371 g/mol. The zero-order valence-electron chi connectivity index (χ0n) is 14.9. The van der Waals surface area contributed by atoms with Crippen molar-refractivity contribution in [2.75, 3.05) is 25.5 Å². The molecule has 2 aromatic rings. The van der Waals surface area contributed by atoms with Crippen molar-refractivity contribution in [3.63, 3.8) is 0 Å². The molecule has 3 amide bonds. The molecule has 0 atom stereocenters. The van der Waals surface area contributed by atoms with Gasteiger partial charge in [-0.3, -0.25) is 14.4 Å². The first kappa shape index (κ1) is 18.5. The first-order chi connectivity index (χ1) is 13.1. The first-order valence-corrected chi connectivity index (χ1v) is 8.62. The van der Waals surface area contributed by atoms with E-state index in [1.54, 1.807) is 43.5 Å². The number of ether oxygens (including phenoxy) is 1. The van der Waals surface area contributed by atoms with Crippen LogP contribution in [0.25, 0.3) is 0 Å². The molecule has 1 saturated carbocycles. The van der Waals surface area contributed by atoms with Crippen molar-refractivity contribution in [1.82, 2.24) is 10.2 Å². The number of amides is 3. The molecule has 0 radical (unpaired) electrons. The van der Waals surface area contributed by atoms with E-state index in [0.29, 0.717) is 11.4 Å². The molecule has 1 aromatic heterocycles. The van der Waals surface area contributed by atoms with Gasteiger partial charge in [0.15, 0.2) is 5.76 Å². The molecule has 1 aliphatic carbocycles. The quantitative estimate of drug-likeness (QED) is 0.735. The van der Waals surface area contributed by atoms with E-state index in [4.69, 9.17) is 9.15 Å². The van der Waals surface area contributed by atoms with Crippen LogP contribution in [-0.4, -0.2) is 48.9 Å². The summed E-state index contributed by atoms with van der Waals surface area (Å²) in [6, 6.07) is 10.1. The van der Waals surface area contributed by atoms with E-state index in [9.17, 15) is 14.4 Å². The highest BCUT2D eigenvalue weighted by Crippen LogP contribution is 2.28. The number of nitrogens with zero attached hydrogens (tertiary/aromatic N) is 1. The van der Waals surface area contributed by atoms with Gasteiger partial charge in [-0.15, -0.1) is 0 Å². The number of carbonyl (C=O) groups is 3. The summed E-state index contributed by atoms with van der Waals surface area (Å²) in [5, 5.41) is 5.22.